The first kappa shape index (κ1) is 18.5. The van der Waals surface area contributed by atoms with Crippen LogP contribution < -0.4 is 10.9 Å². The Morgan fingerprint density at radius 1 is 1.27 bits per heavy atom. The third-order valence-corrected chi connectivity index (χ3v) is 3.54. The molecule has 1 aromatic heterocycles. The molecular weight excluding hydrogens is 304 g/mol. The number of aliphatic hydroxyl groups is 1. The van der Waals surface area contributed by atoms with Crippen molar-refractivity contribution in [3.63, 3.8) is 0 Å². The van der Waals surface area contributed by atoms with Crippen LogP contribution in [0.25, 0.3) is 10.9 Å². The van der Waals surface area contributed by atoms with Crippen LogP contribution in [0.2, 0.25) is 0 Å². The Labute approximate surface area is 135 Å². The van der Waals surface area contributed by atoms with Crippen molar-refractivity contribution in [3.8, 4) is 5.75 Å². The Morgan fingerprint density at radius 3 is 2.55 bits per heavy atom. The SMILES string of the molecule is CCC(NC(C)C)C(O)c1cc(O)cc2[nH]c(=O)ccc12.Cl. The summed E-state index contributed by atoms with van der Waals surface area (Å²) < 4.78 is 0. The lowest BCUT2D eigenvalue weighted by molar-refractivity contribution is 0.122. The van der Waals surface area contributed by atoms with Crippen molar-refractivity contribution in [2.45, 2.75) is 45.4 Å². The Kier molecular flexibility index (Phi) is 6.41. The highest BCUT2D eigenvalue weighted by molar-refractivity contribution is 5.85. The molecule has 6 heteroatoms. The van der Waals surface area contributed by atoms with Gasteiger partial charge in [0.1, 0.15) is 5.75 Å². The summed E-state index contributed by atoms with van der Waals surface area (Å²) in [7, 11) is 0. The summed E-state index contributed by atoms with van der Waals surface area (Å²) in [6, 6.07) is 6.26. The summed E-state index contributed by atoms with van der Waals surface area (Å²) in [5, 5.41) is 24.5. The molecule has 4 N–H and O–H groups in total. The van der Waals surface area contributed by atoms with Crippen LogP contribution in [0.3, 0.4) is 0 Å². The largest absolute Gasteiger partial charge is 0.508 e. The van der Waals surface area contributed by atoms with Crippen LogP contribution in [0.1, 0.15) is 38.9 Å². The number of phenolic OH excluding ortho intramolecular Hbond substituents is 1. The summed E-state index contributed by atoms with van der Waals surface area (Å²) in [5.41, 5.74) is 0.901. The van der Waals surface area contributed by atoms with E-state index in [-0.39, 0.29) is 35.8 Å². The van der Waals surface area contributed by atoms with Gasteiger partial charge in [-0.1, -0.05) is 20.8 Å². The summed E-state index contributed by atoms with van der Waals surface area (Å²) in [6.07, 6.45) is -0.0160. The van der Waals surface area contributed by atoms with Crippen LogP contribution in [0.15, 0.2) is 29.1 Å². The number of halogens is 1. The highest BCUT2D eigenvalue weighted by Crippen LogP contribution is 2.30. The van der Waals surface area contributed by atoms with Gasteiger partial charge in [0.2, 0.25) is 5.56 Å². The van der Waals surface area contributed by atoms with Gasteiger partial charge in [0.25, 0.3) is 0 Å². The van der Waals surface area contributed by atoms with Gasteiger partial charge >= 0.3 is 0 Å². The van der Waals surface area contributed by atoms with Crippen LogP contribution >= 0.6 is 12.4 Å². The molecule has 2 rings (SSSR count). The maximum atomic E-state index is 11.4. The minimum atomic E-state index is -0.766. The van der Waals surface area contributed by atoms with E-state index >= 15 is 0 Å². The lowest BCUT2D eigenvalue weighted by Gasteiger charge is -2.26. The summed E-state index contributed by atoms with van der Waals surface area (Å²) in [6.45, 7) is 6.04. The molecule has 122 valence electrons. The predicted molar refractivity (Wildman–Crippen MR) is 90.8 cm³/mol. The van der Waals surface area contributed by atoms with Crippen molar-refractivity contribution in [1.29, 1.82) is 0 Å². The number of benzene rings is 1. The number of pyridine rings is 1. The standard InChI is InChI=1S/C16H22N2O3.ClH/c1-4-13(17-9(2)3)16(21)12-7-10(19)8-14-11(12)5-6-15(20)18-14;/h5-9,13,16-17,19,21H,4H2,1-3H3,(H,18,20);1H. The van der Waals surface area contributed by atoms with Gasteiger partial charge in [0.05, 0.1) is 11.6 Å². The number of aromatic hydroxyl groups is 1. The topological polar surface area (TPSA) is 85.3 Å². The van der Waals surface area contributed by atoms with Gasteiger partial charge < -0.3 is 20.5 Å². The van der Waals surface area contributed by atoms with Crippen LogP contribution in [-0.2, 0) is 0 Å². The van der Waals surface area contributed by atoms with E-state index in [2.05, 4.69) is 10.3 Å². The zero-order valence-electron chi connectivity index (χ0n) is 13.0. The lowest BCUT2D eigenvalue weighted by Crippen LogP contribution is -2.39. The Morgan fingerprint density at radius 2 is 1.95 bits per heavy atom. The molecular formula is C16H23ClN2O3. The highest BCUT2D eigenvalue weighted by atomic mass is 35.5. The van der Waals surface area contributed by atoms with Crippen LogP contribution in [0, 0.1) is 0 Å². The second-order valence-corrected chi connectivity index (χ2v) is 5.60. The molecule has 1 heterocycles. The fraction of sp³-hybridized carbons (Fsp3) is 0.438. The molecule has 22 heavy (non-hydrogen) atoms. The van der Waals surface area contributed by atoms with E-state index < -0.39 is 6.10 Å². The number of aromatic nitrogens is 1. The third-order valence-electron chi connectivity index (χ3n) is 3.54. The Balaban J connectivity index is 0.00000242. The van der Waals surface area contributed by atoms with Crippen molar-refractivity contribution in [2.75, 3.05) is 0 Å². The number of H-pyrrole nitrogens is 1. The lowest BCUT2D eigenvalue weighted by atomic mass is 9.95. The molecule has 5 nitrogen and oxygen atoms in total. The van der Waals surface area contributed by atoms with Crippen molar-refractivity contribution in [3.05, 3.63) is 40.2 Å². The molecule has 0 bridgehead atoms. The Hall–Kier alpha value is -1.56. The number of fused-ring (bicyclic) bond motifs is 1. The molecule has 0 saturated carbocycles. The number of phenols is 1. The molecule has 0 fully saturated rings. The molecule has 2 aromatic rings. The van der Waals surface area contributed by atoms with E-state index in [1.807, 2.05) is 20.8 Å². The van der Waals surface area contributed by atoms with E-state index in [0.717, 1.165) is 11.8 Å². The zero-order valence-corrected chi connectivity index (χ0v) is 13.8. The van der Waals surface area contributed by atoms with E-state index in [4.69, 9.17) is 0 Å². The van der Waals surface area contributed by atoms with Crippen LogP contribution in [0.4, 0.5) is 0 Å². The smallest absolute Gasteiger partial charge is 0.248 e. The summed E-state index contributed by atoms with van der Waals surface area (Å²) in [4.78, 5) is 14.1. The first-order chi connectivity index (χ1) is 9.92. The van der Waals surface area contributed by atoms with E-state index in [1.165, 1.54) is 12.1 Å². The summed E-state index contributed by atoms with van der Waals surface area (Å²) in [5.74, 6) is 0.0257. The second kappa shape index (κ2) is 7.63. The number of aliphatic hydroxyl groups excluding tert-OH is 1. The number of rotatable bonds is 5. The molecule has 0 aliphatic rings. The van der Waals surface area contributed by atoms with Crippen molar-refractivity contribution in [2.24, 2.45) is 0 Å². The first-order valence-corrected chi connectivity index (χ1v) is 7.22. The van der Waals surface area contributed by atoms with E-state index in [0.29, 0.717) is 11.1 Å². The van der Waals surface area contributed by atoms with Crippen molar-refractivity contribution >= 4 is 23.3 Å². The van der Waals surface area contributed by atoms with E-state index in [1.54, 1.807) is 12.1 Å². The van der Waals surface area contributed by atoms with Gasteiger partial charge in [-0.2, -0.15) is 0 Å². The molecule has 1 aromatic carbocycles. The average Bonchev–Trinajstić information content (AvgIpc) is 2.42. The van der Waals surface area contributed by atoms with Crippen molar-refractivity contribution in [1.82, 2.24) is 10.3 Å². The van der Waals surface area contributed by atoms with Crippen molar-refractivity contribution < 1.29 is 10.2 Å². The molecule has 2 atom stereocenters. The highest BCUT2D eigenvalue weighted by Gasteiger charge is 2.22. The fourth-order valence-corrected chi connectivity index (χ4v) is 2.60. The second-order valence-electron chi connectivity index (χ2n) is 5.60. The molecule has 0 saturated heterocycles. The molecule has 0 spiro atoms. The van der Waals surface area contributed by atoms with Gasteiger partial charge in [-0.05, 0) is 24.1 Å². The number of hydrogen-bond acceptors (Lipinski definition) is 4. The third kappa shape index (κ3) is 4.00. The van der Waals surface area contributed by atoms with Gasteiger partial charge in [-0.3, -0.25) is 4.79 Å². The van der Waals surface area contributed by atoms with Gasteiger partial charge in [-0.25, -0.2) is 0 Å². The zero-order chi connectivity index (χ0) is 15.6. The number of nitrogens with one attached hydrogen (secondary N) is 2. The predicted octanol–water partition coefficient (Wildman–Crippen LogP) is 2.47. The fourth-order valence-electron chi connectivity index (χ4n) is 2.60. The molecule has 0 radical (unpaired) electrons. The average molecular weight is 327 g/mol. The van der Waals surface area contributed by atoms with Crippen LogP contribution in [-0.4, -0.2) is 27.3 Å². The molecule has 2 unspecified atom stereocenters. The Bertz CT molecular complexity index is 685. The molecule has 0 amide bonds. The maximum absolute atomic E-state index is 11.4. The normalized spacial score (nSPS) is 13.9. The number of aromatic amines is 1. The van der Waals surface area contributed by atoms with Gasteiger partial charge in [0, 0.05) is 29.6 Å². The van der Waals surface area contributed by atoms with Gasteiger partial charge in [-0.15, -0.1) is 12.4 Å². The quantitative estimate of drug-likeness (QED) is 0.680. The number of hydrogen-bond donors (Lipinski definition) is 4. The minimum absolute atomic E-state index is 0. The van der Waals surface area contributed by atoms with Crippen LogP contribution in [0.5, 0.6) is 5.75 Å². The van der Waals surface area contributed by atoms with E-state index in [9.17, 15) is 15.0 Å². The van der Waals surface area contributed by atoms with Gasteiger partial charge in [0.15, 0.2) is 0 Å². The maximum Gasteiger partial charge on any atom is 0.248 e. The monoisotopic (exact) mass is 326 g/mol. The minimum Gasteiger partial charge on any atom is -0.508 e. The molecule has 0 aliphatic heterocycles. The molecule has 0 aliphatic carbocycles. The first-order valence-electron chi connectivity index (χ1n) is 7.22. The summed E-state index contributed by atoms with van der Waals surface area (Å²) >= 11 is 0.